The maximum Gasteiger partial charge on any atom is 0.242 e. The summed E-state index contributed by atoms with van der Waals surface area (Å²) >= 11 is 4.69. The number of nitrogens with zero attached hydrogens (tertiary/aromatic N) is 1. The van der Waals surface area contributed by atoms with Crippen LogP contribution in [0.5, 0.6) is 0 Å². The first-order valence-corrected chi connectivity index (χ1v) is 8.23. The van der Waals surface area contributed by atoms with Crippen LogP contribution in [0, 0.1) is 6.92 Å². The maximum atomic E-state index is 12.1. The molecule has 0 atom stereocenters. The predicted octanol–water partition coefficient (Wildman–Crippen LogP) is 2.69. The molecule has 0 aliphatic rings. The average Bonchev–Trinajstić information content (AvgIpc) is 2.68. The molecule has 18 heavy (non-hydrogen) atoms. The fourth-order valence-corrected chi connectivity index (χ4v) is 4.89. The molecule has 0 radical (unpaired) electrons. The summed E-state index contributed by atoms with van der Waals surface area (Å²) in [6, 6.07) is 5.22. The molecule has 0 bridgehead atoms. The second-order valence-corrected chi connectivity index (χ2v) is 8.03. The molecule has 0 amide bonds. The van der Waals surface area contributed by atoms with Crippen molar-refractivity contribution in [3.8, 4) is 0 Å². The zero-order valence-electron chi connectivity index (χ0n) is 9.55. The molecule has 0 aliphatic heterocycles. The van der Waals surface area contributed by atoms with Crippen molar-refractivity contribution in [2.45, 2.75) is 18.4 Å². The fraction of sp³-hybridized carbons (Fsp3) is 0.182. The maximum absolute atomic E-state index is 12.1. The van der Waals surface area contributed by atoms with E-state index >= 15 is 0 Å². The zero-order valence-corrected chi connectivity index (χ0v) is 12.8. The van der Waals surface area contributed by atoms with E-state index in [4.69, 9.17) is 0 Å². The summed E-state index contributed by atoms with van der Waals surface area (Å²) in [5, 5.41) is 0. The monoisotopic (exact) mass is 346 g/mol. The molecular formula is C11H11BrN2O2S2. The van der Waals surface area contributed by atoms with E-state index in [0.29, 0.717) is 4.90 Å². The van der Waals surface area contributed by atoms with Gasteiger partial charge in [-0.2, -0.15) is 0 Å². The van der Waals surface area contributed by atoms with Crippen LogP contribution in [-0.2, 0) is 16.6 Å². The van der Waals surface area contributed by atoms with Crippen molar-refractivity contribution in [2.75, 3.05) is 0 Å². The lowest BCUT2D eigenvalue weighted by Gasteiger charge is -2.05. The Morgan fingerprint density at radius 1 is 1.50 bits per heavy atom. The van der Waals surface area contributed by atoms with E-state index in [1.54, 1.807) is 31.5 Å². The molecule has 0 aromatic carbocycles. The molecule has 0 spiro atoms. The van der Waals surface area contributed by atoms with Gasteiger partial charge < -0.3 is 0 Å². The molecule has 2 aromatic heterocycles. The van der Waals surface area contributed by atoms with Crippen LogP contribution in [0.3, 0.4) is 0 Å². The Balaban J connectivity index is 2.16. The van der Waals surface area contributed by atoms with Gasteiger partial charge in [-0.05, 0) is 40.5 Å². The fourth-order valence-electron chi connectivity index (χ4n) is 1.46. The number of halogens is 1. The van der Waals surface area contributed by atoms with Crippen LogP contribution in [0.15, 0.2) is 39.3 Å². The van der Waals surface area contributed by atoms with E-state index < -0.39 is 10.0 Å². The Morgan fingerprint density at radius 3 is 2.83 bits per heavy atom. The third-order valence-corrected chi connectivity index (χ3v) is 5.53. The highest BCUT2D eigenvalue weighted by Gasteiger charge is 2.18. The van der Waals surface area contributed by atoms with Crippen LogP contribution < -0.4 is 4.72 Å². The highest BCUT2D eigenvalue weighted by atomic mass is 79.9. The molecule has 96 valence electrons. The minimum Gasteiger partial charge on any atom is -0.264 e. The number of sulfonamides is 1. The lowest BCUT2D eigenvalue weighted by molar-refractivity contribution is 0.581. The first kappa shape index (κ1) is 13.7. The number of aryl methyl sites for hydroxylation is 1. The number of hydrogen-bond donors (Lipinski definition) is 1. The van der Waals surface area contributed by atoms with Crippen LogP contribution >= 0.6 is 27.3 Å². The van der Waals surface area contributed by atoms with Crippen LogP contribution in [0.25, 0.3) is 0 Å². The van der Waals surface area contributed by atoms with E-state index in [9.17, 15) is 8.42 Å². The van der Waals surface area contributed by atoms with Crippen LogP contribution in [-0.4, -0.2) is 13.4 Å². The van der Waals surface area contributed by atoms with Crippen molar-refractivity contribution in [1.29, 1.82) is 0 Å². The van der Waals surface area contributed by atoms with Gasteiger partial charge in [-0.15, -0.1) is 11.3 Å². The Bertz CT molecular complexity index is 638. The van der Waals surface area contributed by atoms with Crippen molar-refractivity contribution in [3.05, 3.63) is 44.8 Å². The van der Waals surface area contributed by atoms with Crippen LogP contribution in [0.4, 0.5) is 0 Å². The standard InChI is InChI=1S/C11H11BrN2O2S2/c1-8-10(5-11(12)17-8)18(15,16)14-7-9-3-2-4-13-6-9/h2-6,14H,7H2,1H3. The van der Waals surface area contributed by atoms with Gasteiger partial charge in [0.05, 0.1) is 8.68 Å². The lowest BCUT2D eigenvalue weighted by atomic mass is 10.3. The van der Waals surface area contributed by atoms with E-state index in [1.165, 1.54) is 11.3 Å². The first-order chi connectivity index (χ1) is 8.49. The summed E-state index contributed by atoms with van der Waals surface area (Å²) in [4.78, 5) is 5.03. The van der Waals surface area contributed by atoms with Gasteiger partial charge in [-0.25, -0.2) is 13.1 Å². The van der Waals surface area contributed by atoms with Crippen molar-refractivity contribution in [1.82, 2.24) is 9.71 Å². The van der Waals surface area contributed by atoms with E-state index in [-0.39, 0.29) is 6.54 Å². The SMILES string of the molecule is Cc1sc(Br)cc1S(=O)(=O)NCc1cccnc1. The Morgan fingerprint density at radius 2 is 2.28 bits per heavy atom. The van der Waals surface area contributed by atoms with Crippen molar-refractivity contribution >= 4 is 37.3 Å². The summed E-state index contributed by atoms with van der Waals surface area (Å²) in [6.07, 6.45) is 3.29. The van der Waals surface area contributed by atoms with Gasteiger partial charge in [0.25, 0.3) is 0 Å². The number of rotatable bonds is 4. The van der Waals surface area contributed by atoms with Gasteiger partial charge in [0.15, 0.2) is 0 Å². The van der Waals surface area contributed by atoms with Crippen molar-refractivity contribution in [3.63, 3.8) is 0 Å². The molecule has 0 saturated heterocycles. The molecule has 0 unspecified atom stereocenters. The van der Waals surface area contributed by atoms with Gasteiger partial charge in [0, 0.05) is 23.8 Å². The Labute approximate surface area is 118 Å². The molecule has 2 rings (SSSR count). The Kier molecular flexibility index (Phi) is 4.16. The lowest BCUT2D eigenvalue weighted by Crippen LogP contribution is -2.23. The highest BCUT2D eigenvalue weighted by Crippen LogP contribution is 2.29. The molecule has 7 heteroatoms. The predicted molar refractivity (Wildman–Crippen MR) is 75.0 cm³/mol. The van der Waals surface area contributed by atoms with E-state index in [1.807, 2.05) is 6.07 Å². The second-order valence-electron chi connectivity index (χ2n) is 3.66. The highest BCUT2D eigenvalue weighted by molar-refractivity contribution is 9.11. The molecule has 0 saturated carbocycles. The third kappa shape index (κ3) is 3.17. The molecular weight excluding hydrogens is 336 g/mol. The summed E-state index contributed by atoms with van der Waals surface area (Å²) in [7, 11) is -3.47. The normalized spacial score (nSPS) is 11.7. The first-order valence-electron chi connectivity index (χ1n) is 5.13. The molecule has 4 nitrogen and oxygen atoms in total. The van der Waals surface area contributed by atoms with Crippen molar-refractivity contribution < 1.29 is 8.42 Å². The van der Waals surface area contributed by atoms with Gasteiger partial charge >= 0.3 is 0 Å². The van der Waals surface area contributed by atoms with Gasteiger partial charge in [-0.1, -0.05) is 6.07 Å². The molecule has 0 fully saturated rings. The van der Waals surface area contributed by atoms with Gasteiger partial charge in [-0.3, -0.25) is 4.98 Å². The summed E-state index contributed by atoms with van der Waals surface area (Å²) < 4.78 is 27.6. The minimum atomic E-state index is -3.47. The smallest absolute Gasteiger partial charge is 0.242 e. The molecule has 2 heterocycles. The summed E-state index contributed by atoms with van der Waals surface area (Å²) in [6.45, 7) is 2.02. The van der Waals surface area contributed by atoms with Crippen LogP contribution in [0.1, 0.15) is 10.4 Å². The molecule has 1 N–H and O–H groups in total. The number of thiophene rings is 1. The second kappa shape index (κ2) is 5.48. The number of hydrogen-bond acceptors (Lipinski definition) is 4. The van der Waals surface area contributed by atoms with E-state index in [0.717, 1.165) is 14.2 Å². The third-order valence-electron chi connectivity index (χ3n) is 2.32. The summed E-state index contributed by atoms with van der Waals surface area (Å²) in [5.41, 5.74) is 0.827. The summed E-state index contributed by atoms with van der Waals surface area (Å²) in [5.74, 6) is 0. The van der Waals surface area contributed by atoms with Crippen molar-refractivity contribution in [2.24, 2.45) is 0 Å². The molecule has 0 aliphatic carbocycles. The number of nitrogens with one attached hydrogen (secondary N) is 1. The van der Waals surface area contributed by atoms with E-state index in [2.05, 4.69) is 25.6 Å². The van der Waals surface area contributed by atoms with Gasteiger partial charge in [0.1, 0.15) is 0 Å². The number of aromatic nitrogens is 1. The van der Waals surface area contributed by atoms with Gasteiger partial charge in [0.2, 0.25) is 10.0 Å². The van der Waals surface area contributed by atoms with Crippen LogP contribution in [0.2, 0.25) is 0 Å². The number of pyridine rings is 1. The minimum absolute atomic E-state index is 0.239. The zero-order chi connectivity index (χ0) is 13.2. The quantitative estimate of drug-likeness (QED) is 0.925. The molecule has 2 aromatic rings. The largest absolute Gasteiger partial charge is 0.264 e. The Hall–Kier alpha value is -0.760. The average molecular weight is 347 g/mol. The topological polar surface area (TPSA) is 59.1 Å².